The van der Waals surface area contributed by atoms with E-state index in [-0.39, 0.29) is 16.6 Å². The van der Waals surface area contributed by atoms with Crippen molar-refractivity contribution in [1.82, 2.24) is 4.98 Å². The van der Waals surface area contributed by atoms with Crippen molar-refractivity contribution in [2.75, 3.05) is 0 Å². The van der Waals surface area contributed by atoms with E-state index in [1.807, 2.05) is 6.07 Å². The summed E-state index contributed by atoms with van der Waals surface area (Å²) in [4.78, 5) is 4.52. The Hall–Kier alpha value is -0.575. The van der Waals surface area contributed by atoms with Crippen LogP contribution in [0.25, 0.3) is 0 Å². The van der Waals surface area contributed by atoms with Gasteiger partial charge >= 0.3 is 7.12 Å². The molecule has 0 spiro atoms. The van der Waals surface area contributed by atoms with Crippen molar-refractivity contribution in [3.63, 3.8) is 0 Å². The van der Waals surface area contributed by atoms with Gasteiger partial charge in [0.2, 0.25) is 0 Å². The molecule has 1 aliphatic heterocycles. The average Bonchev–Trinajstić information content (AvgIpc) is 3.00. The highest BCUT2D eigenvalue weighted by atomic mass is 35.5. The van der Waals surface area contributed by atoms with Crippen LogP contribution in [0.5, 0.6) is 0 Å². The summed E-state index contributed by atoms with van der Waals surface area (Å²) in [6, 6.07) is 1.86. The van der Waals surface area contributed by atoms with Gasteiger partial charge in [0.25, 0.3) is 0 Å². The summed E-state index contributed by atoms with van der Waals surface area (Å²) in [6.45, 7) is 10.4. The monoisotopic (exact) mass is 293 g/mol. The molecule has 1 aromatic rings. The van der Waals surface area contributed by atoms with E-state index in [4.69, 9.17) is 20.9 Å². The molecule has 0 atom stereocenters. The van der Waals surface area contributed by atoms with Crippen LogP contribution in [0.15, 0.2) is 12.3 Å². The Labute approximate surface area is 126 Å². The quantitative estimate of drug-likeness (QED) is 0.785. The third-order valence-electron chi connectivity index (χ3n) is 5.01. The summed E-state index contributed by atoms with van der Waals surface area (Å²) in [5.74, 6) is 0. The van der Waals surface area contributed by atoms with Crippen LogP contribution >= 0.6 is 11.6 Å². The second kappa shape index (κ2) is 4.22. The molecule has 0 N–H and O–H groups in total. The molecular formula is C15H21BClNO2. The molecule has 3 rings (SSSR count). The van der Waals surface area contributed by atoms with E-state index in [9.17, 15) is 0 Å². The lowest BCUT2D eigenvalue weighted by molar-refractivity contribution is 0.00578. The van der Waals surface area contributed by atoms with Crippen molar-refractivity contribution in [3.8, 4) is 0 Å². The highest BCUT2D eigenvalue weighted by Crippen LogP contribution is 2.49. The standard InChI is InChI=1S/C15H21BClNO2/c1-13(2)14(3,4)20-16(19-13)12-11(15(5)7-8-15)10(17)6-9-18-12/h6,9H,7-8H2,1-5H3. The molecule has 1 aliphatic carbocycles. The third kappa shape index (κ3) is 2.09. The molecule has 2 fully saturated rings. The third-order valence-corrected chi connectivity index (χ3v) is 5.32. The second-order valence-corrected chi connectivity index (χ2v) is 7.61. The molecule has 0 radical (unpaired) electrons. The Morgan fingerprint density at radius 3 is 2.15 bits per heavy atom. The lowest BCUT2D eigenvalue weighted by Gasteiger charge is -2.32. The van der Waals surface area contributed by atoms with Crippen LogP contribution in [0, 0.1) is 0 Å². The Morgan fingerprint density at radius 2 is 1.65 bits per heavy atom. The molecule has 3 nitrogen and oxygen atoms in total. The molecule has 20 heavy (non-hydrogen) atoms. The molecule has 0 aromatic carbocycles. The first kappa shape index (κ1) is 14.4. The molecule has 1 saturated carbocycles. The second-order valence-electron chi connectivity index (χ2n) is 7.20. The van der Waals surface area contributed by atoms with Crippen molar-refractivity contribution < 1.29 is 9.31 Å². The van der Waals surface area contributed by atoms with Gasteiger partial charge < -0.3 is 9.31 Å². The lowest BCUT2D eigenvalue weighted by Crippen LogP contribution is -2.41. The van der Waals surface area contributed by atoms with Gasteiger partial charge in [-0.1, -0.05) is 18.5 Å². The van der Waals surface area contributed by atoms with Gasteiger partial charge in [-0.25, -0.2) is 0 Å². The van der Waals surface area contributed by atoms with Crippen LogP contribution in [0.2, 0.25) is 5.02 Å². The van der Waals surface area contributed by atoms with Crippen molar-refractivity contribution in [2.24, 2.45) is 0 Å². The maximum atomic E-state index is 6.42. The van der Waals surface area contributed by atoms with Gasteiger partial charge in [-0.3, -0.25) is 4.98 Å². The van der Waals surface area contributed by atoms with Crippen LogP contribution in [-0.2, 0) is 14.7 Å². The minimum atomic E-state index is -0.439. The summed E-state index contributed by atoms with van der Waals surface area (Å²) in [5, 5.41) is 0.768. The molecular weight excluding hydrogens is 272 g/mol. The Bertz CT molecular complexity index is 539. The zero-order valence-corrected chi connectivity index (χ0v) is 13.5. The van der Waals surface area contributed by atoms with E-state index in [1.54, 1.807) is 6.20 Å². The molecule has 5 heteroatoms. The Morgan fingerprint density at radius 1 is 1.10 bits per heavy atom. The first-order valence-electron chi connectivity index (χ1n) is 7.17. The molecule has 0 amide bonds. The summed E-state index contributed by atoms with van der Waals surface area (Å²) < 4.78 is 12.3. The van der Waals surface area contributed by atoms with Crippen molar-refractivity contribution in [1.29, 1.82) is 0 Å². The topological polar surface area (TPSA) is 31.4 Å². The number of nitrogens with zero attached hydrogens (tertiary/aromatic N) is 1. The number of hydrogen-bond donors (Lipinski definition) is 0. The number of hydrogen-bond acceptors (Lipinski definition) is 3. The van der Waals surface area contributed by atoms with Gasteiger partial charge in [0, 0.05) is 11.2 Å². The first-order chi connectivity index (χ1) is 9.16. The van der Waals surface area contributed by atoms with Gasteiger partial charge in [-0.05, 0) is 57.6 Å². The van der Waals surface area contributed by atoms with E-state index in [1.165, 1.54) is 0 Å². The SMILES string of the molecule is CC1(c2c(Cl)ccnc2B2OC(C)(C)C(C)(C)O2)CC1. The molecule has 108 valence electrons. The predicted molar refractivity (Wildman–Crippen MR) is 81.5 cm³/mol. The van der Waals surface area contributed by atoms with Crippen LogP contribution in [-0.4, -0.2) is 23.3 Å². The largest absolute Gasteiger partial charge is 0.514 e. The highest BCUT2D eigenvalue weighted by Gasteiger charge is 2.55. The minimum Gasteiger partial charge on any atom is -0.398 e. The fourth-order valence-corrected chi connectivity index (χ4v) is 3.00. The summed E-state index contributed by atoms with van der Waals surface area (Å²) in [6.07, 6.45) is 4.02. The molecule has 0 bridgehead atoms. The van der Waals surface area contributed by atoms with E-state index in [2.05, 4.69) is 39.6 Å². The van der Waals surface area contributed by atoms with Gasteiger partial charge in [-0.2, -0.15) is 0 Å². The zero-order valence-electron chi connectivity index (χ0n) is 12.8. The first-order valence-corrected chi connectivity index (χ1v) is 7.55. The van der Waals surface area contributed by atoms with E-state index < -0.39 is 7.12 Å². The fraction of sp³-hybridized carbons (Fsp3) is 0.667. The number of rotatable bonds is 2. The molecule has 0 unspecified atom stereocenters. The summed E-state index contributed by atoms with van der Waals surface area (Å²) >= 11 is 6.42. The molecule has 2 heterocycles. The molecule has 1 aromatic heterocycles. The van der Waals surface area contributed by atoms with Crippen molar-refractivity contribution in [2.45, 2.75) is 64.1 Å². The molecule has 1 saturated heterocycles. The van der Waals surface area contributed by atoms with Crippen LogP contribution in [0.3, 0.4) is 0 Å². The summed E-state index contributed by atoms with van der Waals surface area (Å²) in [7, 11) is -0.439. The van der Waals surface area contributed by atoms with Crippen LogP contribution in [0.4, 0.5) is 0 Å². The van der Waals surface area contributed by atoms with E-state index in [0.717, 1.165) is 29.0 Å². The fourth-order valence-electron chi connectivity index (χ4n) is 2.62. The number of aromatic nitrogens is 1. The summed E-state index contributed by atoms with van der Waals surface area (Å²) in [5.41, 5.74) is 1.35. The highest BCUT2D eigenvalue weighted by molar-refractivity contribution is 6.62. The van der Waals surface area contributed by atoms with Crippen LogP contribution in [0.1, 0.15) is 53.0 Å². The Balaban J connectivity index is 2.03. The predicted octanol–water partition coefficient (Wildman–Crippen LogP) is 3.09. The van der Waals surface area contributed by atoms with Gasteiger partial charge in [0.15, 0.2) is 0 Å². The van der Waals surface area contributed by atoms with E-state index >= 15 is 0 Å². The average molecular weight is 294 g/mol. The minimum absolute atomic E-state index is 0.129. The maximum Gasteiger partial charge on any atom is 0.514 e. The molecule has 2 aliphatic rings. The van der Waals surface area contributed by atoms with Gasteiger partial charge in [0.05, 0.1) is 16.8 Å². The smallest absolute Gasteiger partial charge is 0.398 e. The van der Waals surface area contributed by atoms with Gasteiger partial charge in [-0.15, -0.1) is 0 Å². The van der Waals surface area contributed by atoms with Crippen molar-refractivity contribution >= 4 is 24.3 Å². The number of pyridine rings is 1. The van der Waals surface area contributed by atoms with Gasteiger partial charge in [0.1, 0.15) is 0 Å². The number of halogens is 1. The van der Waals surface area contributed by atoms with Crippen molar-refractivity contribution in [3.05, 3.63) is 22.8 Å². The lowest BCUT2D eigenvalue weighted by atomic mass is 9.76. The zero-order chi connectivity index (χ0) is 14.8. The van der Waals surface area contributed by atoms with Crippen LogP contribution < -0.4 is 5.59 Å². The normalized spacial score (nSPS) is 25.8. The van der Waals surface area contributed by atoms with E-state index in [0.29, 0.717) is 0 Å². The Kier molecular flexibility index (Phi) is 3.03. The maximum absolute atomic E-state index is 6.42.